The van der Waals surface area contributed by atoms with Gasteiger partial charge in [-0.25, -0.2) is 0 Å². The van der Waals surface area contributed by atoms with Gasteiger partial charge >= 0.3 is 0 Å². The van der Waals surface area contributed by atoms with Crippen molar-refractivity contribution in [3.8, 4) is 5.75 Å². The Balaban J connectivity index is 2.40. The molecule has 0 unspecified atom stereocenters. The first-order chi connectivity index (χ1) is 8.20. The summed E-state index contributed by atoms with van der Waals surface area (Å²) in [4.78, 5) is 15.6. The van der Waals surface area contributed by atoms with Crippen molar-refractivity contribution >= 4 is 22.5 Å². The zero-order valence-electron chi connectivity index (χ0n) is 9.47. The van der Waals surface area contributed by atoms with Gasteiger partial charge in [-0.2, -0.15) is 0 Å². The van der Waals surface area contributed by atoms with Crippen molar-refractivity contribution < 1.29 is 4.74 Å². The Kier molecular flexibility index (Phi) is 2.37. The normalized spacial score (nSPS) is 14.0. The molecular weight excluding hydrogens is 238 g/mol. The van der Waals surface area contributed by atoms with Gasteiger partial charge in [-0.1, -0.05) is 11.6 Å². The van der Waals surface area contributed by atoms with Crippen LogP contribution >= 0.6 is 11.6 Å². The first kappa shape index (κ1) is 10.7. The SMILES string of the molecule is COc1cc2[nH]c3c(c(=O)c2cc1Cl)CCC3. The summed E-state index contributed by atoms with van der Waals surface area (Å²) in [5.41, 5.74) is 2.89. The van der Waals surface area contributed by atoms with Crippen molar-refractivity contribution in [3.05, 3.63) is 38.6 Å². The van der Waals surface area contributed by atoms with Gasteiger partial charge in [-0.15, -0.1) is 0 Å². The van der Waals surface area contributed by atoms with Crippen LogP contribution in [0, 0.1) is 0 Å². The number of H-pyrrole nitrogens is 1. The van der Waals surface area contributed by atoms with Crippen molar-refractivity contribution in [2.45, 2.75) is 19.3 Å². The van der Waals surface area contributed by atoms with E-state index in [2.05, 4.69) is 4.98 Å². The molecule has 1 aliphatic rings. The van der Waals surface area contributed by atoms with Crippen LogP contribution in [0.2, 0.25) is 5.02 Å². The first-order valence-electron chi connectivity index (χ1n) is 5.62. The van der Waals surface area contributed by atoms with Gasteiger partial charge in [-0.3, -0.25) is 4.79 Å². The highest BCUT2D eigenvalue weighted by molar-refractivity contribution is 6.32. The van der Waals surface area contributed by atoms with Crippen LogP contribution in [-0.4, -0.2) is 12.1 Å². The molecule has 0 radical (unpaired) electrons. The number of aromatic amines is 1. The Bertz CT molecular complexity index is 655. The quantitative estimate of drug-likeness (QED) is 0.844. The topological polar surface area (TPSA) is 42.1 Å². The molecule has 88 valence electrons. The lowest BCUT2D eigenvalue weighted by Gasteiger charge is -2.07. The van der Waals surface area contributed by atoms with E-state index in [0.29, 0.717) is 16.2 Å². The molecule has 1 aliphatic carbocycles. The minimum Gasteiger partial charge on any atom is -0.495 e. The minimum absolute atomic E-state index is 0.107. The molecule has 0 fully saturated rings. The molecule has 1 N–H and O–H groups in total. The number of pyridine rings is 1. The molecule has 3 rings (SSSR count). The predicted molar refractivity (Wildman–Crippen MR) is 68.2 cm³/mol. The van der Waals surface area contributed by atoms with Crippen LogP contribution in [-0.2, 0) is 12.8 Å². The van der Waals surface area contributed by atoms with Crippen LogP contribution in [0.5, 0.6) is 5.75 Å². The summed E-state index contributed by atoms with van der Waals surface area (Å²) in [7, 11) is 1.57. The predicted octanol–water partition coefficient (Wildman–Crippen LogP) is 2.68. The van der Waals surface area contributed by atoms with Gasteiger partial charge < -0.3 is 9.72 Å². The van der Waals surface area contributed by atoms with Gasteiger partial charge in [0, 0.05) is 22.7 Å². The highest BCUT2D eigenvalue weighted by Gasteiger charge is 2.18. The second kappa shape index (κ2) is 3.77. The molecule has 1 aromatic heterocycles. The number of ether oxygens (including phenoxy) is 1. The van der Waals surface area contributed by atoms with Gasteiger partial charge in [0.05, 0.1) is 17.6 Å². The van der Waals surface area contributed by atoms with Crippen molar-refractivity contribution in [2.75, 3.05) is 7.11 Å². The summed E-state index contributed by atoms with van der Waals surface area (Å²) in [6.45, 7) is 0. The van der Waals surface area contributed by atoms with Crippen LogP contribution in [0.25, 0.3) is 10.9 Å². The lowest BCUT2D eigenvalue weighted by molar-refractivity contribution is 0.415. The molecule has 0 saturated heterocycles. The maximum Gasteiger partial charge on any atom is 0.192 e. The summed E-state index contributed by atoms with van der Waals surface area (Å²) < 4.78 is 5.16. The maximum absolute atomic E-state index is 12.3. The molecule has 2 aromatic rings. The van der Waals surface area contributed by atoms with Crippen LogP contribution in [0.3, 0.4) is 0 Å². The third kappa shape index (κ3) is 1.53. The summed E-state index contributed by atoms with van der Waals surface area (Å²) in [5, 5.41) is 1.12. The highest BCUT2D eigenvalue weighted by atomic mass is 35.5. The van der Waals surface area contributed by atoms with Crippen molar-refractivity contribution in [1.29, 1.82) is 0 Å². The summed E-state index contributed by atoms with van der Waals surface area (Å²) in [5.74, 6) is 0.591. The standard InChI is InChI=1S/C13H12ClNO2/c1-17-12-6-11-8(5-9(12)14)13(16)7-3-2-4-10(7)15-11/h5-6H,2-4H2,1H3,(H,15,16). The van der Waals surface area contributed by atoms with Gasteiger partial charge in [0.1, 0.15) is 5.75 Å². The van der Waals surface area contributed by atoms with E-state index in [1.54, 1.807) is 19.2 Å². The number of aryl methyl sites for hydroxylation is 1. The number of hydrogen-bond donors (Lipinski definition) is 1. The molecular formula is C13H12ClNO2. The van der Waals surface area contributed by atoms with Crippen molar-refractivity contribution in [3.63, 3.8) is 0 Å². The van der Waals surface area contributed by atoms with Crippen LogP contribution < -0.4 is 10.2 Å². The largest absolute Gasteiger partial charge is 0.495 e. The number of nitrogens with one attached hydrogen (secondary N) is 1. The zero-order chi connectivity index (χ0) is 12.0. The molecule has 0 spiro atoms. The van der Waals surface area contributed by atoms with E-state index in [-0.39, 0.29) is 5.43 Å². The molecule has 0 aliphatic heterocycles. The number of aromatic nitrogens is 1. The number of halogens is 1. The fourth-order valence-electron chi connectivity index (χ4n) is 2.46. The smallest absolute Gasteiger partial charge is 0.192 e. The Morgan fingerprint density at radius 1 is 1.35 bits per heavy atom. The van der Waals surface area contributed by atoms with E-state index in [0.717, 1.165) is 36.0 Å². The first-order valence-corrected chi connectivity index (χ1v) is 6.00. The fraction of sp³-hybridized carbons (Fsp3) is 0.308. The number of fused-ring (bicyclic) bond motifs is 2. The number of benzene rings is 1. The molecule has 0 atom stereocenters. The van der Waals surface area contributed by atoms with E-state index in [1.807, 2.05) is 0 Å². The molecule has 0 bridgehead atoms. The second-order valence-electron chi connectivity index (χ2n) is 4.30. The van der Waals surface area contributed by atoms with Gasteiger partial charge in [0.15, 0.2) is 5.43 Å². The number of rotatable bonds is 1. The van der Waals surface area contributed by atoms with E-state index >= 15 is 0 Å². The van der Waals surface area contributed by atoms with Crippen LogP contribution in [0.4, 0.5) is 0 Å². The van der Waals surface area contributed by atoms with Crippen molar-refractivity contribution in [2.24, 2.45) is 0 Å². The van der Waals surface area contributed by atoms with E-state index < -0.39 is 0 Å². The van der Waals surface area contributed by atoms with Crippen LogP contribution in [0.1, 0.15) is 17.7 Å². The Morgan fingerprint density at radius 2 is 2.18 bits per heavy atom. The van der Waals surface area contributed by atoms with E-state index in [4.69, 9.17) is 16.3 Å². The third-order valence-electron chi connectivity index (χ3n) is 3.31. The van der Waals surface area contributed by atoms with E-state index in [1.165, 1.54) is 0 Å². The Labute approximate surface area is 103 Å². The third-order valence-corrected chi connectivity index (χ3v) is 3.61. The number of methoxy groups -OCH3 is 1. The summed E-state index contributed by atoms with van der Waals surface area (Å²) in [6, 6.07) is 3.48. The van der Waals surface area contributed by atoms with E-state index in [9.17, 15) is 4.79 Å². The zero-order valence-corrected chi connectivity index (χ0v) is 10.2. The average molecular weight is 250 g/mol. The molecule has 4 heteroatoms. The van der Waals surface area contributed by atoms with Gasteiger partial charge in [0.2, 0.25) is 0 Å². The molecule has 1 heterocycles. The number of hydrogen-bond acceptors (Lipinski definition) is 2. The lowest BCUT2D eigenvalue weighted by Crippen LogP contribution is -2.10. The molecule has 0 amide bonds. The lowest BCUT2D eigenvalue weighted by atomic mass is 10.1. The van der Waals surface area contributed by atoms with Crippen molar-refractivity contribution in [1.82, 2.24) is 4.98 Å². The average Bonchev–Trinajstić information content (AvgIpc) is 2.78. The highest BCUT2D eigenvalue weighted by Crippen LogP contribution is 2.29. The summed E-state index contributed by atoms with van der Waals surface area (Å²) in [6.07, 6.45) is 2.86. The molecule has 17 heavy (non-hydrogen) atoms. The second-order valence-corrected chi connectivity index (χ2v) is 4.70. The summed E-state index contributed by atoms with van der Waals surface area (Å²) >= 11 is 6.05. The van der Waals surface area contributed by atoms with Gasteiger partial charge in [-0.05, 0) is 25.3 Å². The molecule has 0 saturated carbocycles. The molecule has 3 nitrogen and oxygen atoms in total. The monoisotopic (exact) mass is 249 g/mol. The minimum atomic E-state index is 0.107. The Hall–Kier alpha value is -1.48. The maximum atomic E-state index is 12.3. The Morgan fingerprint density at radius 3 is 2.94 bits per heavy atom. The van der Waals surface area contributed by atoms with Gasteiger partial charge in [0.25, 0.3) is 0 Å². The fourth-order valence-corrected chi connectivity index (χ4v) is 2.70. The van der Waals surface area contributed by atoms with Crippen LogP contribution in [0.15, 0.2) is 16.9 Å². The molecule has 1 aromatic carbocycles.